The van der Waals surface area contributed by atoms with Crippen molar-refractivity contribution in [3.05, 3.63) is 22.5 Å². The number of nitrogens with one attached hydrogen (secondary N) is 2. The number of Topliss-reactive ketones (excluding diaryl/α,β-unsaturated/α-hetero) is 1. The van der Waals surface area contributed by atoms with Gasteiger partial charge in [-0.05, 0) is 70.3 Å². The molecule has 25 heavy (non-hydrogen) atoms. The molecule has 2 bridgehead atoms. The molecule has 2 saturated carbocycles. The number of ether oxygens (including phenoxy) is 1. The molecule has 0 aromatic carbocycles. The molecule has 2 fully saturated rings. The molecule has 1 heterocycles. The number of hydrogen-bond acceptors (Lipinski definition) is 4. The van der Waals surface area contributed by atoms with E-state index in [9.17, 15) is 9.59 Å². The van der Waals surface area contributed by atoms with Gasteiger partial charge in [0.05, 0.1) is 24.4 Å². The number of aromatic amines is 1. The van der Waals surface area contributed by atoms with Crippen LogP contribution in [0.4, 0.5) is 0 Å². The molecule has 0 aliphatic heterocycles. The Morgan fingerprint density at radius 3 is 2.48 bits per heavy atom. The number of rotatable bonds is 6. The first kappa shape index (κ1) is 18.2. The second-order valence-corrected chi connectivity index (χ2v) is 8.00. The van der Waals surface area contributed by atoms with Gasteiger partial charge in [0.15, 0.2) is 5.78 Å². The van der Waals surface area contributed by atoms with Crippen molar-refractivity contribution in [2.24, 2.45) is 17.8 Å². The zero-order valence-electron chi connectivity index (χ0n) is 15.9. The van der Waals surface area contributed by atoms with Crippen molar-refractivity contribution in [3.63, 3.8) is 0 Å². The number of aromatic nitrogens is 1. The third-order valence-electron chi connectivity index (χ3n) is 6.41. The SMILES string of the molecule is COC(=O)c1c(C)[nH]c(C(=O)[C@H](C)N[C@@H](C)[C@H]2C[C@H]3CC[C@H]2C3)c1C. The third kappa shape index (κ3) is 3.26. The van der Waals surface area contributed by atoms with Gasteiger partial charge in [0.2, 0.25) is 0 Å². The summed E-state index contributed by atoms with van der Waals surface area (Å²) in [5.74, 6) is 2.02. The van der Waals surface area contributed by atoms with E-state index in [1.807, 2.05) is 6.92 Å². The fourth-order valence-corrected chi connectivity index (χ4v) is 5.12. The number of methoxy groups -OCH3 is 1. The van der Waals surface area contributed by atoms with Crippen molar-refractivity contribution in [3.8, 4) is 0 Å². The smallest absolute Gasteiger partial charge is 0.339 e. The second-order valence-electron chi connectivity index (χ2n) is 8.00. The largest absolute Gasteiger partial charge is 0.465 e. The maximum atomic E-state index is 12.9. The van der Waals surface area contributed by atoms with E-state index in [1.54, 1.807) is 13.8 Å². The van der Waals surface area contributed by atoms with Crippen LogP contribution in [0.15, 0.2) is 0 Å². The average molecular weight is 346 g/mol. The molecule has 3 rings (SSSR count). The van der Waals surface area contributed by atoms with Gasteiger partial charge in [0.1, 0.15) is 0 Å². The lowest BCUT2D eigenvalue weighted by Gasteiger charge is -2.30. The van der Waals surface area contributed by atoms with E-state index in [0.717, 1.165) is 11.8 Å². The summed E-state index contributed by atoms with van der Waals surface area (Å²) in [7, 11) is 1.36. The first-order valence-electron chi connectivity index (χ1n) is 9.41. The summed E-state index contributed by atoms with van der Waals surface area (Å²) in [5.41, 5.74) is 2.34. The normalized spacial score (nSPS) is 27.3. The van der Waals surface area contributed by atoms with Crippen LogP contribution in [0.25, 0.3) is 0 Å². The van der Waals surface area contributed by atoms with Crippen LogP contribution >= 0.6 is 0 Å². The fourth-order valence-electron chi connectivity index (χ4n) is 5.12. The van der Waals surface area contributed by atoms with Crippen molar-refractivity contribution in [1.82, 2.24) is 10.3 Å². The monoisotopic (exact) mass is 346 g/mol. The summed E-state index contributed by atoms with van der Waals surface area (Å²) in [5, 5.41) is 3.52. The minimum absolute atomic E-state index is 0.00533. The summed E-state index contributed by atoms with van der Waals surface area (Å²) in [6.45, 7) is 7.72. The number of aryl methyl sites for hydroxylation is 1. The minimum atomic E-state index is -0.402. The Morgan fingerprint density at radius 2 is 1.92 bits per heavy atom. The summed E-state index contributed by atoms with van der Waals surface area (Å²) < 4.78 is 4.83. The molecule has 2 aliphatic carbocycles. The summed E-state index contributed by atoms with van der Waals surface area (Å²) in [4.78, 5) is 27.9. The van der Waals surface area contributed by atoms with Gasteiger partial charge in [-0.15, -0.1) is 0 Å². The minimum Gasteiger partial charge on any atom is -0.465 e. The van der Waals surface area contributed by atoms with Crippen molar-refractivity contribution < 1.29 is 14.3 Å². The number of fused-ring (bicyclic) bond motifs is 2. The van der Waals surface area contributed by atoms with E-state index in [0.29, 0.717) is 34.5 Å². The fraction of sp³-hybridized carbons (Fsp3) is 0.700. The third-order valence-corrected chi connectivity index (χ3v) is 6.41. The number of H-pyrrole nitrogens is 1. The molecule has 5 nitrogen and oxygen atoms in total. The Balaban J connectivity index is 1.69. The average Bonchev–Trinajstić information content (AvgIpc) is 3.28. The number of carbonyl (C=O) groups excluding carboxylic acids is 2. The van der Waals surface area contributed by atoms with Crippen molar-refractivity contribution in [1.29, 1.82) is 0 Å². The number of ketones is 1. The van der Waals surface area contributed by atoms with Crippen LogP contribution in [-0.2, 0) is 4.74 Å². The molecule has 0 spiro atoms. The van der Waals surface area contributed by atoms with Gasteiger partial charge in [0.25, 0.3) is 0 Å². The lowest BCUT2D eigenvalue weighted by atomic mass is 9.83. The molecule has 2 N–H and O–H groups in total. The van der Waals surface area contributed by atoms with Gasteiger partial charge in [-0.1, -0.05) is 6.42 Å². The van der Waals surface area contributed by atoms with Crippen LogP contribution < -0.4 is 5.32 Å². The Kier molecular flexibility index (Phi) is 5.05. The molecule has 0 amide bonds. The van der Waals surface area contributed by atoms with Gasteiger partial charge < -0.3 is 15.0 Å². The van der Waals surface area contributed by atoms with Crippen LogP contribution in [0.1, 0.15) is 71.6 Å². The van der Waals surface area contributed by atoms with Crippen LogP contribution in [-0.4, -0.2) is 35.9 Å². The van der Waals surface area contributed by atoms with Gasteiger partial charge in [-0.25, -0.2) is 4.79 Å². The molecular formula is C20H30N2O3. The maximum Gasteiger partial charge on any atom is 0.339 e. The molecule has 1 aromatic rings. The summed E-state index contributed by atoms with van der Waals surface area (Å²) in [6.07, 6.45) is 5.41. The molecule has 5 atom stereocenters. The van der Waals surface area contributed by atoms with E-state index in [-0.39, 0.29) is 11.8 Å². The highest BCUT2D eigenvalue weighted by Gasteiger charge is 2.42. The van der Waals surface area contributed by atoms with E-state index in [1.165, 1.54) is 32.8 Å². The van der Waals surface area contributed by atoms with Crippen LogP contribution in [0, 0.1) is 31.6 Å². The Bertz CT molecular complexity index is 679. The zero-order chi connectivity index (χ0) is 18.3. The lowest BCUT2D eigenvalue weighted by molar-refractivity contribution is 0.0599. The van der Waals surface area contributed by atoms with Gasteiger partial charge >= 0.3 is 5.97 Å². The quantitative estimate of drug-likeness (QED) is 0.612. The van der Waals surface area contributed by atoms with E-state index in [2.05, 4.69) is 17.2 Å². The highest BCUT2D eigenvalue weighted by atomic mass is 16.5. The Morgan fingerprint density at radius 1 is 1.20 bits per heavy atom. The van der Waals surface area contributed by atoms with E-state index < -0.39 is 5.97 Å². The predicted molar refractivity (Wildman–Crippen MR) is 96.9 cm³/mol. The second kappa shape index (κ2) is 6.94. The summed E-state index contributed by atoms with van der Waals surface area (Å²) >= 11 is 0. The van der Waals surface area contributed by atoms with Crippen LogP contribution in [0.2, 0.25) is 0 Å². The molecule has 0 unspecified atom stereocenters. The summed E-state index contributed by atoms with van der Waals surface area (Å²) in [6, 6.07) is 0.0575. The van der Waals surface area contributed by atoms with Crippen molar-refractivity contribution >= 4 is 11.8 Å². The van der Waals surface area contributed by atoms with Crippen LogP contribution in [0.3, 0.4) is 0 Å². The number of hydrogen-bond donors (Lipinski definition) is 2. The molecule has 138 valence electrons. The van der Waals surface area contributed by atoms with Crippen LogP contribution in [0.5, 0.6) is 0 Å². The van der Waals surface area contributed by atoms with Gasteiger partial charge in [-0.2, -0.15) is 0 Å². The maximum absolute atomic E-state index is 12.9. The molecular weight excluding hydrogens is 316 g/mol. The van der Waals surface area contributed by atoms with Gasteiger partial charge in [-0.3, -0.25) is 4.79 Å². The molecule has 1 aromatic heterocycles. The highest BCUT2D eigenvalue weighted by Crippen LogP contribution is 2.49. The number of esters is 1. The first-order valence-corrected chi connectivity index (χ1v) is 9.41. The molecule has 0 saturated heterocycles. The highest BCUT2D eigenvalue weighted by molar-refractivity contribution is 6.03. The first-order chi connectivity index (χ1) is 11.8. The van der Waals surface area contributed by atoms with E-state index in [4.69, 9.17) is 4.74 Å². The Labute approximate surface area is 149 Å². The van der Waals surface area contributed by atoms with Gasteiger partial charge in [0, 0.05) is 11.7 Å². The number of carbonyl (C=O) groups is 2. The molecule has 5 heteroatoms. The van der Waals surface area contributed by atoms with Crippen molar-refractivity contribution in [2.45, 2.75) is 65.5 Å². The van der Waals surface area contributed by atoms with E-state index >= 15 is 0 Å². The molecule has 2 aliphatic rings. The predicted octanol–water partition coefficient (Wildman–Crippen LogP) is 3.40. The topological polar surface area (TPSA) is 71.2 Å². The lowest BCUT2D eigenvalue weighted by Crippen LogP contribution is -2.45. The molecule has 0 radical (unpaired) electrons. The standard InChI is InChI=1S/C20H30N2O3/c1-10-17(20(24)25-5)12(3)22-18(10)19(23)13(4)21-11(2)16-9-14-6-7-15(16)8-14/h11,13-16,21-22H,6-9H2,1-5H3/t11-,13-,14-,15-,16+/m0/s1. The Hall–Kier alpha value is -1.62. The zero-order valence-corrected chi connectivity index (χ0v) is 15.9. The van der Waals surface area contributed by atoms with Crippen molar-refractivity contribution in [2.75, 3.05) is 7.11 Å².